The number of hydrogen-bond donors (Lipinski definition) is 1. The van der Waals surface area contributed by atoms with E-state index in [1.165, 1.54) is 44.1 Å². The van der Waals surface area contributed by atoms with E-state index in [1.807, 2.05) is 12.1 Å². The van der Waals surface area contributed by atoms with Crippen LogP contribution in [0.2, 0.25) is 0 Å². The van der Waals surface area contributed by atoms with Gasteiger partial charge in [0.05, 0.1) is 6.54 Å². The normalized spacial score (nSPS) is 25.7. The van der Waals surface area contributed by atoms with E-state index in [1.54, 1.807) is 11.3 Å². The maximum Gasteiger partial charge on any atom is 0.430 e. The second-order valence-corrected chi connectivity index (χ2v) is 9.43. The number of pyridine rings is 1. The first-order valence-corrected chi connectivity index (χ1v) is 12.1. The van der Waals surface area contributed by atoms with Crippen molar-refractivity contribution < 1.29 is 9.63 Å². The molecule has 2 saturated heterocycles. The summed E-state index contributed by atoms with van der Waals surface area (Å²) in [4.78, 5) is 27.6. The van der Waals surface area contributed by atoms with Crippen molar-refractivity contribution in [2.75, 3.05) is 49.5 Å². The molecule has 31 heavy (non-hydrogen) atoms. The Morgan fingerprint density at radius 1 is 1.03 bits per heavy atom. The van der Waals surface area contributed by atoms with E-state index in [4.69, 9.17) is 4.84 Å². The lowest BCUT2D eigenvalue weighted by Crippen LogP contribution is -2.50. The molecular weight excluding hydrogens is 390 g/mol. The van der Waals surface area contributed by atoms with E-state index in [9.17, 15) is 4.79 Å². The van der Waals surface area contributed by atoms with Gasteiger partial charge in [-0.05, 0) is 50.5 Å². The quantitative estimate of drug-likeness (QED) is 0.735. The number of aromatic nitrogens is 1. The lowest BCUT2D eigenvalue weighted by atomic mass is 9.83. The minimum atomic E-state index is -0.418. The van der Waals surface area contributed by atoms with Gasteiger partial charge in [0, 0.05) is 56.7 Å². The van der Waals surface area contributed by atoms with Gasteiger partial charge in [0.15, 0.2) is 0 Å². The number of fused-ring (bicyclic) bond motifs is 1. The number of piperazine rings is 1. The number of carbonyl (C=O) groups excluding carboxylic acids is 1. The Kier molecular flexibility index (Phi) is 6.41. The van der Waals surface area contributed by atoms with Crippen LogP contribution >= 0.6 is 0 Å². The number of nitrogens with one attached hydrogen (secondary N) is 1. The highest BCUT2D eigenvalue weighted by Gasteiger charge is 2.28. The molecule has 0 spiro atoms. The third-order valence-electron chi connectivity index (χ3n) is 7.46. The van der Waals surface area contributed by atoms with Crippen molar-refractivity contribution in [3.63, 3.8) is 0 Å². The zero-order valence-corrected chi connectivity index (χ0v) is 18.5. The van der Waals surface area contributed by atoms with Crippen LogP contribution in [-0.2, 0) is 4.84 Å². The number of carbonyl (C=O) groups is 1. The van der Waals surface area contributed by atoms with Crippen molar-refractivity contribution in [1.29, 1.82) is 0 Å². The van der Waals surface area contributed by atoms with Crippen molar-refractivity contribution in [2.45, 2.75) is 57.4 Å². The van der Waals surface area contributed by atoms with Crippen molar-refractivity contribution >= 4 is 17.6 Å². The van der Waals surface area contributed by atoms with E-state index in [0.717, 1.165) is 69.7 Å². The summed E-state index contributed by atoms with van der Waals surface area (Å²) in [7, 11) is 0. The number of anilines is 2. The topological polar surface area (TPSA) is 60.9 Å². The van der Waals surface area contributed by atoms with Crippen LogP contribution in [0, 0.1) is 5.92 Å². The number of hydroxylamine groups is 2. The number of piperidine rings is 1. The monoisotopic (exact) mass is 425 g/mol. The molecular formula is C24H35N5O2. The highest BCUT2D eigenvalue weighted by molar-refractivity contribution is 5.84. The molecule has 7 heteroatoms. The van der Waals surface area contributed by atoms with Crippen LogP contribution in [0.25, 0.3) is 0 Å². The van der Waals surface area contributed by atoms with E-state index in [2.05, 4.69) is 26.2 Å². The molecule has 1 amide bonds. The lowest BCUT2D eigenvalue weighted by Gasteiger charge is -2.38. The molecule has 168 valence electrons. The average Bonchev–Trinajstić information content (AvgIpc) is 3.34. The maximum atomic E-state index is 12.5. The molecule has 1 unspecified atom stereocenters. The zero-order chi connectivity index (χ0) is 21.0. The molecule has 5 rings (SSSR count). The molecule has 1 atom stereocenters. The van der Waals surface area contributed by atoms with Crippen molar-refractivity contribution in [3.05, 3.63) is 30.0 Å². The summed E-state index contributed by atoms with van der Waals surface area (Å²) in [5.74, 6) is 1.62. The lowest BCUT2D eigenvalue weighted by molar-refractivity contribution is -0.100. The van der Waals surface area contributed by atoms with Gasteiger partial charge in [0.2, 0.25) is 0 Å². The van der Waals surface area contributed by atoms with Gasteiger partial charge in [0.1, 0.15) is 5.82 Å². The highest BCUT2D eigenvalue weighted by atomic mass is 16.7. The summed E-state index contributed by atoms with van der Waals surface area (Å²) >= 11 is 0. The van der Waals surface area contributed by atoms with Crippen LogP contribution in [0.15, 0.2) is 30.0 Å². The molecule has 3 fully saturated rings. The van der Waals surface area contributed by atoms with Gasteiger partial charge in [-0.2, -0.15) is 0 Å². The van der Waals surface area contributed by atoms with Crippen molar-refractivity contribution in [2.24, 2.45) is 5.92 Å². The number of hydrogen-bond acceptors (Lipinski definition) is 6. The third-order valence-corrected chi connectivity index (χ3v) is 7.46. The fourth-order valence-electron chi connectivity index (χ4n) is 5.70. The van der Waals surface area contributed by atoms with Gasteiger partial charge in [-0.3, -0.25) is 10.2 Å². The molecule has 3 heterocycles. The molecule has 4 aliphatic rings. The Hall–Kier alpha value is -2.12. The zero-order valence-electron chi connectivity index (χ0n) is 18.5. The van der Waals surface area contributed by atoms with E-state index < -0.39 is 6.09 Å². The van der Waals surface area contributed by atoms with Crippen LogP contribution in [0.3, 0.4) is 0 Å². The molecule has 0 radical (unpaired) electrons. The Bertz CT molecular complexity index is 799. The van der Waals surface area contributed by atoms with E-state index in [-0.39, 0.29) is 0 Å². The van der Waals surface area contributed by atoms with Gasteiger partial charge in [0.25, 0.3) is 0 Å². The predicted octanol–water partition coefficient (Wildman–Crippen LogP) is 4.04. The Labute approximate surface area is 185 Å². The minimum absolute atomic E-state index is 0.418. The minimum Gasteiger partial charge on any atom is -0.354 e. The number of amides is 1. The second kappa shape index (κ2) is 9.57. The summed E-state index contributed by atoms with van der Waals surface area (Å²) in [6.45, 7) is 5.71. The summed E-state index contributed by atoms with van der Waals surface area (Å²) in [6, 6.07) is 4.57. The fraction of sp³-hybridized carbons (Fsp3) is 0.667. The standard InChI is InChI=1S/C24H35N5O2/c30-24(31-29-12-10-19-5-1-2-6-20(19)18-29)26-21-9-11-25-23(17-21)28-15-13-27(14-16-28)22-7-3-4-8-22/h6,9,11,17,19,22H,1-5,7-8,10,12-16,18H2,(H,25,26,30). The van der Waals surface area contributed by atoms with Crippen LogP contribution < -0.4 is 10.2 Å². The van der Waals surface area contributed by atoms with E-state index >= 15 is 0 Å². The van der Waals surface area contributed by atoms with Gasteiger partial charge < -0.3 is 9.74 Å². The molecule has 1 saturated carbocycles. The first-order chi connectivity index (χ1) is 15.2. The van der Waals surface area contributed by atoms with Crippen LogP contribution in [0.5, 0.6) is 0 Å². The Morgan fingerprint density at radius 2 is 1.87 bits per heavy atom. The molecule has 1 N–H and O–H groups in total. The Morgan fingerprint density at radius 3 is 2.71 bits per heavy atom. The SMILES string of the molecule is O=C(Nc1ccnc(N2CCN(C3CCCC3)CC2)c1)ON1CCC2CCCC=C2C1. The fourth-order valence-corrected chi connectivity index (χ4v) is 5.70. The molecule has 2 aliphatic carbocycles. The molecule has 1 aromatic rings. The number of allylic oxidation sites excluding steroid dienone is 1. The second-order valence-electron chi connectivity index (χ2n) is 9.43. The predicted molar refractivity (Wildman–Crippen MR) is 122 cm³/mol. The van der Waals surface area contributed by atoms with Crippen molar-refractivity contribution in [3.8, 4) is 0 Å². The highest BCUT2D eigenvalue weighted by Crippen LogP contribution is 2.32. The first-order valence-electron chi connectivity index (χ1n) is 12.1. The van der Waals surface area contributed by atoms with Gasteiger partial charge in [-0.15, -0.1) is 5.06 Å². The summed E-state index contributed by atoms with van der Waals surface area (Å²) in [6.07, 6.45) is 14.0. The maximum absolute atomic E-state index is 12.5. The largest absolute Gasteiger partial charge is 0.430 e. The first kappa shape index (κ1) is 20.8. The third kappa shape index (κ3) is 5.04. The van der Waals surface area contributed by atoms with Crippen LogP contribution in [0.1, 0.15) is 51.4 Å². The van der Waals surface area contributed by atoms with Gasteiger partial charge in [-0.25, -0.2) is 9.78 Å². The number of nitrogens with zero attached hydrogens (tertiary/aromatic N) is 4. The number of rotatable bonds is 4. The average molecular weight is 426 g/mol. The molecule has 7 nitrogen and oxygen atoms in total. The summed E-state index contributed by atoms with van der Waals surface area (Å²) < 4.78 is 0. The van der Waals surface area contributed by atoms with Crippen molar-refractivity contribution in [1.82, 2.24) is 14.9 Å². The van der Waals surface area contributed by atoms with Gasteiger partial charge in [-0.1, -0.05) is 24.5 Å². The van der Waals surface area contributed by atoms with Crippen LogP contribution in [-0.4, -0.2) is 66.4 Å². The van der Waals surface area contributed by atoms with E-state index in [0.29, 0.717) is 5.92 Å². The molecule has 0 aromatic carbocycles. The van der Waals surface area contributed by atoms with Crippen LogP contribution in [0.4, 0.5) is 16.3 Å². The van der Waals surface area contributed by atoms with Gasteiger partial charge >= 0.3 is 6.09 Å². The molecule has 1 aromatic heterocycles. The summed E-state index contributed by atoms with van der Waals surface area (Å²) in [5, 5.41) is 4.69. The molecule has 2 aliphatic heterocycles. The molecule has 0 bridgehead atoms. The summed E-state index contributed by atoms with van der Waals surface area (Å²) in [5.41, 5.74) is 2.17. The Balaban J connectivity index is 1.12. The smallest absolute Gasteiger partial charge is 0.354 e.